The molecule has 0 radical (unpaired) electrons. The van der Waals surface area contributed by atoms with E-state index in [4.69, 9.17) is 9.97 Å². The van der Waals surface area contributed by atoms with Crippen LogP contribution in [0.4, 0.5) is 0 Å². The molecule has 4 heteroatoms. The molecule has 1 atom stereocenters. The summed E-state index contributed by atoms with van der Waals surface area (Å²) in [4.78, 5) is 10.3. The lowest BCUT2D eigenvalue weighted by molar-refractivity contribution is 0.801. The van der Waals surface area contributed by atoms with Crippen LogP contribution >= 0.6 is 0 Å². The van der Waals surface area contributed by atoms with Gasteiger partial charge in [-0.05, 0) is 141 Å². The van der Waals surface area contributed by atoms with Crippen molar-refractivity contribution in [1.29, 1.82) is 0 Å². The maximum atomic E-state index is 5.15. The van der Waals surface area contributed by atoms with Crippen LogP contribution in [-0.4, -0.2) is 19.1 Å². The zero-order valence-corrected chi connectivity index (χ0v) is 41.4. The van der Waals surface area contributed by atoms with Crippen LogP contribution in [0.15, 0.2) is 243 Å². The van der Waals surface area contributed by atoms with Crippen LogP contribution in [0.5, 0.6) is 0 Å². The Kier molecular flexibility index (Phi) is 8.77. The Bertz CT molecular complexity index is 4550. The maximum Gasteiger partial charge on any atom is 0.140 e. The number of aromatic nitrogens is 4. The predicted molar refractivity (Wildman–Crippen MR) is 311 cm³/mol. The van der Waals surface area contributed by atoms with Gasteiger partial charge in [0, 0.05) is 25.2 Å². The van der Waals surface area contributed by atoms with Gasteiger partial charge < -0.3 is 9.13 Å². The van der Waals surface area contributed by atoms with E-state index < -0.39 is 5.41 Å². The van der Waals surface area contributed by atoms with Crippen molar-refractivity contribution in [2.75, 3.05) is 0 Å². The fourth-order valence-electron chi connectivity index (χ4n) is 13.5. The molecule has 0 saturated carbocycles. The zero-order chi connectivity index (χ0) is 49.5. The number of benzene rings is 12. The maximum absolute atomic E-state index is 5.15. The van der Waals surface area contributed by atoms with Gasteiger partial charge in [-0.3, -0.25) is 0 Å². The van der Waals surface area contributed by atoms with Gasteiger partial charge in [0.2, 0.25) is 0 Å². The van der Waals surface area contributed by atoms with Gasteiger partial charge in [0.25, 0.3) is 0 Å². The second-order valence-electron chi connectivity index (χ2n) is 20.5. The molecule has 0 aliphatic heterocycles. The van der Waals surface area contributed by atoms with Crippen molar-refractivity contribution in [1.82, 2.24) is 19.1 Å². The lowest BCUT2D eigenvalue weighted by atomic mass is 9.69. The summed E-state index contributed by atoms with van der Waals surface area (Å²) in [6.07, 6.45) is 0. The van der Waals surface area contributed by atoms with Crippen LogP contribution < -0.4 is 0 Å². The Morgan fingerprint density at radius 2 is 0.787 bits per heavy atom. The summed E-state index contributed by atoms with van der Waals surface area (Å²) in [5, 5.41) is 7.38. The second kappa shape index (κ2) is 15.7. The third-order valence-electron chi connectivity index (χ3n) is 16.8. The third kappa shape index (κ3) is 5.77. The molecule has 4 nitrogen and oxygen atoms in total. The number of hydrogen-bond acceptors (Lipinski definition) is 2. The van der Waals surface area contributed by atoms with Crippen molar-refractivity contribution in [3.05, 3.63) is 265 Å². The van der Waals surface area contributed by atoms with E-state index >= 15 is 0 Å². The number of rotatable bonds is 5. The fraction of sp³-hybridized carbons (Fsp3) is 0.0423. The van der Waals surface area contributed by atoms with Crippen LogP contribution in [0.2, 0.25) is 0 Å². The van der Waals surface area contributed by atoms with Crippen molar-refractivity contribution in [2.45, 2.75) is 5.41 Å². The second-order valence-corrected chi connectivity index (χ2v) is 20.5. The number of hydrogen-bond donors (Lipinski definition) is 0. The minimum atomic E-state index is -0.528. The van der Waals surface area contributed by atoms with E-state index in [0.29, 0.717) is 0 Å². The molecule has 0 bridgehead atoms. The molecule has 350 valence electrons. The molecule has 0 amide bonds. The highest BCUT2D eigenvalue weighted by Gasteiger charge is 2.53. The molecule has 75 heavy (non-hydrogen) atoms. The number of imidazole rings is 2. The lowest BCUT2D eigenvalue weighted by Gasteiger charge is -2.31. The Balaban J connectivity index is 0.998. The van der Waals surface area contributed by atoms with Gasteiger partial charge in [-0.1, -0.05) is 212 Å². The Labute approximate surface area is 434 Å². The highest BCUT2D eigenvalue weighted by atomic mass is 15.1. The average molecular weight is 955 g/mol. The summed E-state index contributed by atoms with van der Waals surface area (Å²) in [6, 6.07) is 90.1. The Morgan fingerprint density at radius 1 is 0.307 bits per heavy atom. The largest absolute Gasteiger partial charge is 0.327 e. The van der Waals surface area contributed by atoms with Crippen molar-refractivity contribution >= 4 is 54.4 Å². The van der Waals surface area contributed by atoms with Gasteiger partial charge in [-0.2, -0.15) is 0 Å². The highest BCUT2D eigenvalue weighted by Crippen LogP contribution is 2.65. The van der Waals surface area contributed by atoms with E-state index in [-0.39, 0.29) is 0 Å². The van der Waals surface area contributed by atoms with E-state index in [1.54, 1.807) is 0 Å². The summed E-state index contributed by atoms with van der Waals surface area (Å²) >= 11 is 0. The van der Waals surface area contributed by atoms with E-state index in [1.807, 2.05) is 0 Å². The van der Waals surface area contributed by atoms with E-state index in [2.05, 4.69) is 266 Å². The Hall–Kier alpha value is -9.64. The van der Waals surface area contributed by atoms with Crippen LogP contribution in [0.25, 0.3) is 133 Å². The quantitative estimate of drug-likeness (QED) is 0.161. The van der Waals surface area contributed by atoms with Gasteiger partial charge in [0.1, 0.15) is 11.6 Å². The first kappa shape index (κ1) is 41.9. The third-order valence-corrected chi connectivity index (χ3v) is 16.8. The van der Waals surface area contributed by atoms with Crippen LogP contribution in [-0.2, 0) is 19.5 Å². The molecule has 14 aromatic rings. The number of nitrogens with zero attached hydrogens (tertiary/aromatic N) is 4. The molecule has 2 heterocycles. The minimum Gasteiger partial charge on any atom is -0.327 e. The normalized spacial score (nSPS) is 14.3. The predicted octanol–water partition coefficient (Wildman–Crippen LogP) is 17.6. The van der Waals surface area contributed by atoms with E-state index in [0.717, 1.165) is 56.0 Å². The summed E-state index contributed by atoms with van der Waals surface area (Å²) in [6.45, 7) is 0. The summed E-state index contributed by atoms with van der Waals surface area (Å²) in [7, 11) is 4.27. The first-order chi connectivity index (χ1) is 37.0. The molecule has 2 aliphatic rings. The first-order valence-electron chi connectivity index (χ1n) is 25.9. The van der Waals surface area contributed by atoms with Crippen LogP contribution in [0.1, 0.15) is 22.3 Å². The zero-order valence-electron chi connectivity index (χ0n) is 41.4. The lowest BCUT2D eigenvalue weighted by Crippen LogP contribution is -2.26. The molecular weight excluding hydrogens is 909 g/mol. The fourth-order valence-corrected chi connectivity index (χ4v) is 13.5. The number of fused-ring (bicyclic) bond motifs is 16. The van der Waals surface area contributed by atoms with Crippen molar-refractivity contribution in [3.63, 3.8) is 0 Å². The highest BCUT2D eigenvalue weighted by molar-refractivity contribution is 6.21. The molecule has 16 rings (SSSR count). The van der Waals surface area contributed by atoms with Gasteiger partial charge in [0.15, 0.2) is 0 Å². The van der Waals surface area contributed by atoms with Gasteiger partial charge >= 0.3 is 0 Å². The standard InChI is InChI=1S/C71H46N4/c1-74-64-40-46(35-38-62(64)72-69(74)44-19-5-3-6-20-44)48-26-15-28-52-57(48)42-58-49(47-36-39-63-65(41-47)75(2)70(73-63)45-21-7-4-8-22-45)27-16-29-53(58)66(52)56-30-17-33-61-67(56)55-25-12-14-32-60(55)71(61)59-31-13-11-24-51(59)54-37-34-43-18-9-10-23-50(43)68(54)71/h3-42H,1-2H3. The van der Waals surface area contributed by atoms with Crippen molar-refractivity contribution in [3.8, 4) is 78.4 Å². The van der Waals surface area contributed by atoms with E-state index in [1.165, 1.54) is 99.1 Å². The van der Waals surface area contributed by atoms with Gasteiger partial charge in [0.05, 0.1) is 27.5 Å². The average Bonchev–Trinajstić information content (AvgIpc) is 4.22. The van der Waals surface area contributed by atoms with Crippen LogP contribution in [0, 0.1) is 0 Å². The summed E-state index contributed by atoms with van der Waals surface area (Å²) in [5.74, 6) is 1.91. The SMILES string of the molecule is Cn1c(-c2ccccc2)nc2ccc(-c3cccc4c(-c5cccc6c5-c5ccccc5C65c6ccccc6-c6ccc7ccccc7c65)c5cccc(-c6ccc7nc(-c8ccccc8)n(C)c7c6)c5cc34)cc21. The number of aryl methyl sites for hydroxylation is 2. The monoisotopic (exact) mass is 954 g/mol. The molecular formula is C71H46N4. The van der Waals surface area contributed by atoms with Crippen molar-refractivity contribution in [2.24, 2.45) is 14.1 Å². The molecule has 12 aromatic carbocycles. The smallest absolute Gasteiger partial charge is 0.140 e. The topological polar surface area (TPSA) is 35.6 Å². The molecule has 0 N–H and O–H groups in total. The molecule has 0 fully saturated rings. The first-order valence-corrected chi connectivity index (χ1v) is 25.9. The van der Waals surface area contributed by atoms with Crippen molar-refractivity contribution < 1.29 is 0 Å². The Morgan fingerprint density at radius 3 is 1.41 bits per heavy atom. The van der Waals surface area contributed by atoms with E-state index in [9.17, 15) is 0 Å². The summed E-state index contributed by atoms with van der Waals surface area (Å²) < 4.78 is 4.47. The molecule has 0 saturated heterocycles. The minimum absolute atomic E-state index is 0.528. The molecule has 1 unspecified atom stereocenters. The van der Waals surface area contributed by atoms with Crippen LogP contribution in [0.3, 0.4) is 0 Å². The van der Waals surface area contributed by atoms with Gasteiger partial charge in [-0.25, -0.2) is 9.97 Å². The summed E-state index contributed by atoms with van der Waals surface area (Å²) in [5.41, 5.74) is 23.5. The van der Waals surface area contributed by atoms with Gasteiger partial charge in [-0.15, -0.1) is 0 Å². The molecule has 2 aliphatic carbocycles. The molecule has 1 spiro atoms. The molecule has 2 aromatic heterocycles.